The second-order valence-electron chi connectivity index (χ2n) is 14.3. The third-order valence-electron chi connectivity index (χ3n) is 11.7. The maximum Gasteiger partial charge on any atom is 0.206 e. The van der Waals surface area contributed by atoms with Gasteiger partial charge in [-0.3, -0.25) is 0 Å². The van der Waals surface area contributed by atoms with Gasteiger partial charge in [0.1, 0.15) is 0 Å². The number of hydrogen-bond acceptors (Lipinski definition) is 2. The van der Waals surface area contributed by atoms with Crippen LogP contribution in [0, 0.1) is 0 Å². The molecule has 0 atom stereocenters. The largest absolute Gasteiger partial charge is 0.219 e. The van der Waals surface area contributed by atoms with Crippen molar-refractivity contribution >= 4 is 31.4 Å². The fraction of sp³-hybridized carbons (Fsp3) is 0.0196. The summed E-state index contributed by atoms with van der Waals surface area (Å²) in [6, 6.07) is 67.3. The average molecular weight is 709 g/mol. The van der Waals surface area contributed by atoms with E-state index in [-0.39, 0.29) is 4.90 Å². The van der Waals surface area contributed by atoms with Crippen molar-refractivity contribution in [2.45, 2.75) is 15.2 Å². The summed E-state index contributed by atoms with van der Waals surface area (Å²) in [7, 11) is -3.59. The van der Waals surface area contributed by atoms with Gasteiger partial charge in [0.05, 0.1) is 15.2 Å². The Labute approximate surface area is 314 Å². The van der Waals surface area contributed by atoms with Gasteiger partial charge in [0.2, 0.25) is 9.84 Å². The lowest BCUT2D eigenvalue weighted by molar-refractivity contribution is 0.596. The highest BCUT2D eigenvalue weighted by Gasteiger charge is 2.50. The van der Waals surface area contributed by atoms with Crippen molar-refractivity contribution in [1.29, 1.82) is 0 Å². The van der Waals surface area contributed by atoms with Gasteiger partial charge in [-0.1, -0.05) is 170 Å². The molecule has 0 N–H and O–H groups in total. The first-order valence-electron chi connectivity index (χ1n) is 18.3. The number of sulfone groups is 1. The summed E-state index contributed by atoms with van der Waals surface area (Å²) in [6.45, 7) is 0. The third-order valence-corrected chi connectivity index (χ3v) is 13.5. The van der Waals surface area contributed by atoms with Crippen molar-refractivity contribution in [3.8, 4) is 44.5 Å². The first-order chi connectivity index (χ1) is 26.6. The molecule has 0 heterocycles. The standard InChI is InChI=1S/C51H32O2S/c52-54(53,36-13-2-1-3-14-36)37-31-29-34(30-32-37)33-25-27-35(28-26-33)48-40-17-4-5-18-41(40)49-42-19-8-11-23-46(42)51(47-24-12-20-43(48)50(47)49)44-21-9-6-15-38(44)39-16-7-10-22-45(39)51/h1-32H. The Hall–Kier alpha value is -6.55. The Morgan fingerprint density at radius 1 is 0.315 bits per heavy atom. The summed E-state index contributed by atoms with van der Waals surface area (Å²) in [5, 5.41) is 5.00. The predicted molar refractivity (Wildman–Crippen MR) is 221 cm³/mol. The van der Waals surface area contributed by atoms with E-state index < -0.39 is 15.3 Å². The van der Waals surface area contributed by atoms with Gasteiger partial charge in [-0.05, 0) is 113 Å². The molecule has 11 rings (SSSR count). The summed E-state index contributed by atoms with van der Waals surface area (Å²) in [5.41, 5.74) is 14.4. The zero-order chi connectivity index (χ0) is 36.0. The molecular formula is C51H32O2S. The van der Waals surface area contributed by atoms with Crippen LogP contribution in [0.15, 0.2) is 204 Å². The molecule has 54 heavy (non-hydrogen) atoms. The van der Waals surface area contributed by atoms with E-state index in [4.69, 9.17) is 0 Å². The van der Waals surface area contributed by atoms with Gasteiger partial charge in [-0.15, -0.1) is 0 Å². The van der Waals surface area contributed by atoms with Gasteiger partial charge < -0.3 is 0 Å². The minimum atomic E-state index is -3.59. The molecule has 0 aromatic heterocycles. The van der Waals surface area contributed by atoms with Crippen molar-refractivity contribution in [2.75, 3.05) is 0 Å². The van der Waals surface area contributed by atoms with Gasteiger partial charge in [-0.2, -0.15) is 0 Å². The van der Waals surface area contributed by atoms with E-state index in [9.17, 15) is 8.42 Å². The van der Waals surface area contributed by atoms with Crippen molar-refractivity contribution < 1.29 is 8.42 Å². The Morgan fingerprint density at radius 3 is 1.37 bits per heavy atom. The van der Waals surface area contributed by atoms with E-state index in [1.165, 1.54) is 71.6 Å². The van der Waals surface area contributed by atoms with Crippen LogP contribution >= 0.6 is 0 Å². The molecule has 0 radical (unpaired) electrons. The molecule has 1 spiro atoms. The molecule has 2 nitrogen and oxygen atoms in total. The number of benzene rings is 9. The average Bonchev–Trinajstić information content (AvgIpc) is 3.53. The highest BCUT2D eigenvalue weighted by molar-refractivity contribution is 7.91. The molecule has 0 saturated heterocycles. The molecule has 3 heteroatoms. The second-order valence-corrected chi connectivity index (χ2v) is 16.3. The fourth-order valence-corrected chi connectivity index (χ4v) is 10.8. The van der Waals surface area contributed by atoms with Crippen LogP contribution in [-0.4, -0.2) is 8.42 Å². The first-order valence-corrected chi connectivity index (χ1v) is 19.8. The molecular weight excluding hydrogens is 677 g/mol. The van der Waals surface area contributed by atoms with Crippen molar-refractivity contribution in [3.05, 3.63) is 216 Å². The van der Waals surface area contributed by atoms with Crippen LogP contribution in [0.5, 0.6) is 0 Å². The van der Waals surface area contributed by atoms with Crippen LogP contribution in [0.3, 0.4) is 0 Å². The molecule has 0 aliphatic heterocycles. The smallest absolute Gasteiger partial charge is 0.206 e. The molecule has 0 amide bonds. The van der Waals surface area contributed by atoms with Gasteiger partial charge in [0, 0.05) is 0 Å². The Morgan fingerprint density at radius 2 is 0.741 bits per heavy atom. The molecule has 2 aliphatic rings. The van der Waals surface area contributed by atoms with Crippen molar-refractivity contribution in [3.63, 3.8) is 0 Å². The summed E-state index contributed by atoms with van der Waals surface area (Å²) in [5.74, 6) is 0. The van der Waals surface area contributed by atoms with E-state index in [0.717, 1.165) is 16.7 Å². The van der Waals surface area contributed by atoms with Crippen LogP contribution in [0.4, 0.5) is 0 Å². The van der Waals surface area contributed by atoms with Gasteiger partial charge in [-0.25, -0.2) is 8.42 Å². The molecule has 0 saturated carbocycles. The topological polar surface area (TPSA) is 34.1 Å². The molecule has 0 unspecified atom stereocenters. The lowest BCUT2D eigenvalue weighted by atomic mass is 9.60. The molecule has 9 aromatic rings. The quantitative estimate of drug-likeness (QED) is 0.171. The minimum Gasteiger partial charge on any atom is -0.219 e. The summed E-state index contributed by atoms with van der Waals surface area (Å²) >= 11 is 0. The van der Waals surface area contributed by atoms with Gasteiger partial charge >= 0.3 is 0 Å². The SMILES string of the molecule is O=S(=O)(c1ccccc1)c1ccc(-c2ccc(-c3c4ccccc4c4c5c(cccc35)C3(c5ccccc5-c5ccccc53)c3ccccc3-4)cc2)cc1. The number of rotatable bonds is 4. The molecule has 2 aliphatic carbocycles. The van der Waals surface area contributed by atoms with Crippen LogP contribution in [0.2, 0.25) is 0 Å². The zero-order valence-electron chi connectivity index (χ0n) is 29.2. The summed E-state index contributed by atoms with van der Waals surface area (Å²) in [6.07, 6.45) is 0. The zero-order valence-corrected chi connectivity index (χ0v) is 30.0. The fourth-order valence-electron chi connectivity index (χ4n) is 9.51. The normalized spacial score (nSPS) is 13.5. The Kier molecular flexibility index (Phi) is 6.59. The lowest BCUT2D eigenvalue weighted by Crippen LogP contribution is -2.31. The van der Waals surface area contributed by atoms with Crippen LogP contribution < -0.4 is 0 Å². The third kappa shape index (κ3) is 4.13. The predicted octanol–water partition coefficient (Wildman–Crippen LogP) is 12.5. The maximum atomic E-state index is 13.2. The first kappa shape index (κ1) is 31.0. The molecule has 0 bridgehead atoms. The lowest BCUT2D eigenvalue weighted by Gasteiger charge is -2.40. The highest BCUT2D eigenvalue weighted by atomic mass is 32.2. The highest BCUT2D eigenvalue weighted by Crippen LogP contribution is 2.63. The molecule has 9 aromatic carbocycles. The van der Waals surface area contributed by atoms with E-state index >= 15 is 0 Å². The minimum absolute atomic E-state index is 0.288. The Balaban J connectivity index is 1.13. The number of hydrogen-bond donors (Lipinski definition) is 0. The van der Waals surface area contributed by atoms with Gasteiger partial charge in [0.25, 0.3) is 0 Å². The van der Waals surface area contributed by atoms with Crippen LogP contribution in [0.1, 0.15) is 22.3 Å². The Bertz CT molecular complexity index is 3040. The van der Waals surface area contributed by atoms with Gasteiger partial charge in [0.15, 0.2) is 0 Å². The van der Waals surface area contributed by atoms with E-state index in [1.807, 2.05) is 18.2 Å². The van der Waals surface area contributed by atoms with Crippen molar-refractivity contribution in [2.24, 2.45) is 0 Å². The van der Waals surface area contributed by atoms with E-state index in [1.54, 1.807) is 36.4 Å². The molecule has 254 valence electrons. The number of fused-ring (bicyclic) bond motifs is 11. The van der Waals surface area contributed by atoms with Crippen LogP contribution in [0.25, 0.3) is 66.1 Å². The van der Waals surface area contributed by atoms with E-state index in [2.05, 4.69) is 140 Å². The summed E-state index contributed by atoms with van der Waals surface area (Å²) in [4.78, 5) is 0.586. The second kappa shape index (κ2) is 11.5. The van der Waals surface area contributed by atoms with Crippen molar-refractivity contribution in [1.82, 2.24) is 0 Å². The van der Waals surface area contributed by atoms with E-state index in [0.29, 0.717) is 4.90 Å². The molecule has 0 fully saturated rings. The summed E-state index contributed by atoms with van der Waals surface area (Å²) < 4.78 is 26.5. The maximum absolute atomic E-state index is 13.2. The monoisotopic (exact) mass is 708 g/mol. The van der Waals surface area contributed by atoms with Crippen LogP contribution in [-0.2, 0) is 15.3 Å².